The van der Waals surface area contributed by atoms with Crippen molar-refractivity contribution in [2.45, 2.75) is 46.3 Å². The second kappa shape index (κ2) is 10.8. The third-order valence-corrected chi connectivity index (χ3v) is 4.00. The Morgan fingerprint density at radius 2 is 2.28 bits per heavy atom. The molecule has 138 valence electrons. The number of nitrogens with one attached hydrogen (secondary N) is 2. The van der Waals surface area contributed by atoms with Crippen LogP contribution in [0.4, 0.5) is 0 Å². The fourth-order valence-corrected chi connectivity index (χ4v) is 2.63. The first-order valence-corrected chi connectivity index (χ1v) is 9.20. The summed E-state index contributed by atoms with van der Waals surface area (Å²) in [5.41, 5.74) is 2.29. The zero-order valence-corrected chi connectivity index (χ0v) is 15.7. The van der Waals surface area contributed by atoms with Crippen LogP contribution in [0.1, 0.15) is 37.8 Å². The minimum Gasteiger partial charge on any atom is -0.488 e. The first-order chi connectivity index (χ1) is 12.2. The average Bonchev–Trinajstić information content (AvgIpc) is 3.11. The second-order valence-electron chi connectivity index (χ2n) is 6.19. The highest BCUT2D eigenvalue weighted by molar-refractivity contribution is 5.79. The number of ether oxygens (including phenoxy) is 2. The molecule has 1 fully saturated rings. The van der Waals surface area contributed by atoms with Crippen LogP contribution in [-0.4, -0.2) is 38.4 Å². The maximum Gasteiger partial charge on any atom is 0.191 e. The summed E-state index contributed by atoms with van der Waals surface area (Å²) in [6.45, 7) is 9.94. The quantitative estimate of drug-likeness (QED) is 0.329. The van der Waals surface area contributed by atoms with Gasteiger partial charge in [0.25, 0.3) is 0 Å². The summed E-state index contributed by atoms with van der Waals surface area (Å²) in [7, 11) is 0. The lowest BCUT2D eigenvalue weighted by Gasteiger charge is -2.16. The molecule has 5 heteroatoms. The minimum atomic E-state index is 0.150. The van der Waals surface area contributed by atoms with Crippen molar-refractivity contribution in [2.75, 3.05) is 26.3 Å². The molecule has 0 aliphatic carbocycles. The lowest BCUT2D eigenvalue weighted by atomic mass is 10.1. The predicted octanol–water partition coefficient (Wildman–Crippen LogP) is 3.18. The van der Waals surface area contributed by atoms with Crippen molar-refractivity contribution in [1.82, 2.24) is 10.6 Å². The molecule has 1 atom stereocenters. The Labute approximate surface area is 151 Å². The van der Waals surface area contributed by atoms with Crippen molar-refractivity contribution in [3.05, 3.63) is 41.5 Å². The van der Waals surface area contributed by atoms with Crippen molar-refractivity contribution >= 4 is 5.96 Å². The van der Waals surface area contributed by atoms with Gasteiger partial charge in [-0.2, -0.15) is 0 Å². The molecule has 0 radical (unpaired) electrons. The number of hydrogen-bond donors (Lipinski definition) is 2. The zero-order valence-electron chi connectivity index (χ0n) is 15.7. The summed E-state index contributed by atoms with van der Waals surface area (Å²) in [5, 5.41) is 6.64. The SMILES string of the molecule is C/C=C/CCNC(=NCc1ccc(C)cc1OC1CCOC1)NCC. The molecule has 1 aromatic rings. The number of guanidine groups is 1. The summed E-state index contributed by atoms with van der Waals surface area (Å²) in [5.74, 6) is 1.76. The van der Waals surface area contributed by atoms with E-state index < -0.39 is 0 Å². The van der Waals surface area contributed by atoms with Crippen LogP contribution >= 0.6 is 0 Å². The maximum atomic E-state index is 6.15. The largest absolute Gasteiger partial charge is 0.488 e. The highest BCUT2D eigenvalue weighted by Crippen LogP contribution is 2.24. The maximum absolute atomic E-state index is 6.15. The Balaban J connectivity index is 2.02. The van der Waals surface area contributed by atoms with Crippen LogP contribution in [0.3, 0.4) is 0 Å². The highest BCUT2D eigenvalue weighted by atomic mass is 16.5. The molecule has 0 spiro atoms. The summed E-state index contributed by atoms with van der Waals surface area (Å²) in [6, 6.07) is 6.30. The number of nitrogens with zero attached hydrogens (tertiary/aromatic N) is 1. The predicted molar refractivity (Wildman–Crippen MR) is 103 cm³/mol. The van der Waals surface area contributed by atoms with Gasteiger partial charge in [-0.3, -0.25) is 0 Å². The van der Waals surface area contributed by atoms with Gasteiger partial charge in [0.05, 0.1) is 19.8 Å². The molecule has 2 rings (SSSR count). The summed E-state index contributed by atoms with van der Waals surface area (Å²) in [4.78, 5) is 4.71. The molecule has 25 heavy (non-hydrogen) atoms. The molecule has 1 aliphatic heterocycles. The van der Waals surface area contributed by atoms with Crippen molar-refractivity contribution in [1.29, 1.82) is 0 Å². The second-order valence-corrected chi connectivity index (χ2v) is 6.19. The minimum absolute atomic E-state index is 0.150. The third kappa shape index (κ3) is 6.78. The molecular formula is C20H31N3O2. The van der Waals surface area contributed by atoms with E-state index in [0.717, 1.165) is 49.8 Å². The van der Waals surface area contributed by atoms with E-state index in [1.54, 1.807) is 0 Å². The van der Waals surface area contributed by atoms with Gasteiger partial charge < -0.3 is 20.1 Å². The van der Waals surface area contributed by atoms with E-state index in [0.29, 0.717) is 13.2 Å². The molecular weight excluding hydrogens is 314 g/mol. The number of hydrogen-bond acceptors (Lipinski definition) is 3. The van der Waals surface area contributed by atoms with E-state index >= 15 is 0 Å². The van der Waals surface area contributed by atoms with Crippen LogP contribution in [0, 0.1) is 6.92 Å². The molecule has 0 aromatic heterocycles. The Morgan fingerprint density at radius 1 is 1.40 bits per heavy atom. The number of aliphatic imine (C=N–C) groups is 1. The van der Waals surface area contributed by atoms with Gasteiger partial charge in [-0.1, -0.05) is 24.3 Å². The van der Waals surface area contributed by atoms with E-state index in [1.807, 2.05) is 6.92 Å². The number of allylic oxidation sites excluding steroid dienone is 1. The van der Waals surface area contributed by atoms with E-state index in [2.05, 4.69) is 54.8 Å². The van der Waals surface area contributed by atoms with Crippen LogP contribution in [0.5, 0.6) is 5.75 Å². The Bertz CT molecular complexity index is 578. The van der Waals surface area contributed by atoms with E-state index in [9.17, 15) is 0 Å². The van der Waals surface area contributed by atoms with Crippen LogP contribution < -0.4 is 15.4 Å². The van der Waals surface area contributed by atoms with E-state index in [-0.39, 0.29) is 6.10 Å². The summed E-state index contributed by atoms with van der Waals surface area (Å²) in [6.07, 6.45) is 6.30. The Hall–Kier alpha value is -2.01. The fraction of sp³-hybridized carbons (Fsp3) is 0.550. The van der Waals surface area contributed by atoms with Crippen molar-refractivity contribution in [3.8, 4) is 5.75 Å². The standard InChI is InChI=1S/C20H31N3O2/c1-4-6-7-11-22-20(21-5-2)23-14-17-9-8-16(3)13-19(17)25-18-10-12-24-15-18/h4,6,8-9,13,18H,5,7,10-12,14-15H2,1-3H3,(H2,21,22,23)/b6-4+. The average molecular weight is 345 g/mol. The first kappa shape index (κ1) is 19.3. The molecule has 5 nitrogen and oxygen atoms in total. The first-order valence-electron chi connectivity index (χ1n) is 9.20. The highest BCUT2D eigenvalue weighted by Gasteiger charge is 2.18. The van der Waals surface area contributed by atoms with Gasteiger partial charge >= 0.3 is 0 Å². The van der Waals surface area contributed by atoms with Gasteiger partial charge in [-0.15, -0.1) is 0 Å². The zero-order chi connectivity index (χ0) is 17.9. The molecule has 1 aromatic carbocycles. The molecule has 0 bridgehead atoms. The normalized spacial score (nSPS) is 17.9. The van der Waals surface area contributed by atoms with Crippen LogP contribution in [0.2, 0.25) is 0 Å². The molecule has 2 N–H and O–H groups in total. The van der Waals surface area contributed by atoms with Gasteiger partial charge in [0.1, 0.15) is 11.9 Å². The third-order valence-electron chi connectivity index (χ3n) is 4.00. The summed E-state index contributed by atoms with van der Waals surface area (Å²) < 4.78 is 11.6. The van der Waals surface area contributed by atoms with Gasteiger partial charge in [0, 0.05) is 25.1 Å². The van der Waals surface area contributed by atoms with E-state index in [4.69, 9.17) is 14.5 Å². The van der Waals surface area contributed by atoms with Crippen molar-refractivity contribution in [2.24, 2.45) is 4.99 Å². The van der Waals surface area contributed by atoms with Crippen LogP contribution in [0.15, 0.2) is 35.3 Å². The number of rotatable bonds is 8. The number of benzene rings is 1. The van der Waals surface area contributed by atoms with Crippen LogP contribution in [-0.2, 0) is 11.3 Å². The Kier molecular flexibility index (Phi) is 8.32. The molecule has 0 amide bonds. The number of aryl methyl sites for hydroxylation is 1. The molecule has 1 unspecified atom stereocenters. The van der Waals surface area contributed by atoms with Gasteiger partial charge in [-0.05, 0) is 38.8 Å². The monoisotopic (exact) mass is 345 g/mol. The molecule has 1 saturated heterocycles. The van der Waals surface area contributed by atoms with E-state index in [1.165, 1.54) is 5.56 Å². The molecule has 0 saturated carbocycles. The lowest BCUT2D eigenvalue weighted by molar-refractivity contribution is 0.140. The summed E-state index contributed by atoms with van der Waals surface area (Å²) >= 11 is 0. The van der Waals surface area contributed by atoms with Crippen molar-refractivity contribution < 1.29 is 9.47 Å². The lowest BCUT2D eigenvalue weighted by Crippen LogP contribution is -2.37. The smallest absolute Gasteiger partial charge is 0.191 e. The fourth-order valence-electron chi connectivity index (χ4n) is 2.63. The van der Waals surface area contributed by atoms with Crippen molar-refractivity contribution in [3.63, 3.8) is 0 Å². The molecule has 1 aliphatic rings. The Morgan fingerprint density at radius 3 is 3.00 bits per heavy atom. The molecule has 1 heterocycles. The van der Waals surface area contributed by atoms with Gasteiger partial charge in [0.2, 0.25) is 0 Å². The van der Waals surface area contributed by atoms with Crippen LogP contribution in [0.25, 0.3) is 0 Å². The van der Waals surface area contributed by atoms with Gasteiger partial charge in [-0.25, -0.2) is 4.99 Å². The van der Waals surface area contributed by atoms with Gasteiger partial charge in [0.15, 0.2) is 5.96 Å². The topological polar surface area (TPSA) is 54.9 Å².